The molecular weight excluding hydrogens is 222 g/mol. The zero-order valence-electron chi connectivity index (χ0n) is 9.62. The second-order valence-electron chi connectivity index (χ2n) is 4.39. The molecule has 1 fully saturated rings. The molecule has 2 N–H and O–H groups in total. The van der Waals surface area contributed by atoms with Crippen LogP contribution >= 0.6 is 11.3 Å². The van der Waals surface area contributed by atoms with Crippen LogP contribution < -0.4 is 10.6 Å². The lowest BCUT2D eigenvalue weighted by Gasteiger charge is -2.09. The summed E-state index contributed by atoms with van der Waals surface area (Å²) in [6.07, 6.45) is 1.01. The molecule has 88 valence electrons. The summed E-state index contributed by atoms with van der Waals surface area (Å²) in [6, 6.07) is 0.261. The third-order valence-corrected chi connectivity index (χ3v) is 3.79. The molecule has 1 unspecified atom stereocenters. The SMILES string of the molecule is CC(C)c1nc(C(=O)NC2CCNC2)cs1. The molecule has 5 heteroatoms. The van der Waals surface area contributed by atoms with Crippen molar-refractivity contribution in [1.29, 1.82) is 0 Å². The lowest BCUT2D eigenvalue weighted by molar-refractivity contribution is 0.0935. The van der Waals surface area contributed by atoms with Crippen molar-refractivity contribution in [3.8, 4) is 0 Å². The predicted octanol–water partition coefficient (Wildman–Crippen LogP) is 1.36. The Bertz CT molecular complexity index is 369. The van der Waals surface area contributed by atoms with Crippen LogP contribution in [0.25, 0.3) is 0 Å². The molecule has 1 atom stereocenters. The van der Waals surface area contributed by atoms with Gasteiger partial charge in [-0.25, -0.2) is 4.98 Å². The summed E-state index contributed by atoms with van der Waals surface area (Å²) in [5.74, 6) is 0.344. The molecule has 1 aromatic rings. The minimum absolute atomic E-state index is 0.0446. The molecule has 2 heterocycles. The topological polar surface area (TPSA) is 54.0 Å². The van der Waals surface area contributed by atoms with Gasteiger partial charge in [-0.15, -0.1) is 11.3 Å². The van der Waals surface area contributed by atoms with Gasteiger partial charge in [-0.3, -0.25) is 4.79 Å². The van der Waals surface area contributed by atoms with Crippen molar-refractivity contribution in [3.63, 3.8) is 0 Å². The smallest absolute Gasteiger partial charge is 0.271 e. The van der Waals surface area contributed by atoms with Crippen molar-refractivity contribution in [1.82, 2.24) is 15.6 Å². The van der Waals surface area contributed by atoms with Crippen molar-refractivity contribution < 1.29 is 4.79 Å². The highest BCUT2D eigenvalue weighted by molar-refractivity contribution is 7.09. The lowest BCUT2D eigenvalue weighted by Crippen LogP contribution is -2.36. The molecule has 0 spiro atoms. The van der Waals surface area contributed by atoms with Crippen LogP contribution in [-0.4, -0.2) is 30.0 Å². The molecule has 1 aliphatic heterocycles. The van der Waals surface area contributed by atoms with E-state index in [1.54, 1.807) is 11.3 Å². The molecule has 0 radical (unpaired) electrons. The van der Waals surface area contributed by atoms with Crippen LogP contribution in [0.1, 0.15) is 41.7 Å². The van der Waals surface area contributed by atoms with Gasteiger partial charge in [0.05, 0.1) is 5.01 Å². The molecule has 16 heavy (non-hydrogen) atoms. The average Bonchev–Trinajstić information content (AvgIpc) is 2.86. The van der Waals surface area contributed by atoms with E-state index in [9.17, 15) is 4.79 Å². The second kappa shape index (κ2) is 4.93. The largest absolute Gasteiger partial charge is 0.347 e. The van der Waals surface area contributed by atoms with Crippen molar-refractivity contribution in [2.45, 2.75) is 32.2 Å². The maximum absolute atomic E-state index is 11.8. The summed E-state index contributed by atoms with van der Waals surface area (Å²) in [4.78, 5) is 16.2. The van der Waals surface area contributed by atoms with E-state index in [-0.39, 0.29) is 11.9 Å². The van der Waals surface area contributed by atoms with E-state index in [0.717, 1.165) is 24.5 Å². The Morgan fingerprint density at radius 2 is 2.50 bits per heavy atom. The fourth-order valence-corrected chi connectivity index (χ4v) is 2.51. The molecule has 2 rings (SSSR count). The minimum Gasteiger partial charge on any atom is -0.347 e. The quantitative estimate of drug-likeness (QED) is 0.837. The number of carbonyl (C=O) groups is 1. The first-order chi connectivity index (χ1) is 7.66. The van der Waals surface area contributed by atoms with Crippen LogP contribution in [-0.2, 0) is 0 Å². The Balaban J connectivity index is 1.97. The van der Waals surface area contributed by atoms with E-state index < -0.39 is 0 Å². The summed E-state index contributed by atoms with van der Waals surface area (Å²) in [5, 5.41) is 9.07. The fraction of sp³-hybridized carbons (Fsp3) is 0.636. The van der Waals surface area contributed by atoms with Gasteiger partial charge in [-0.05, 0) is 13.0 Å². The van der Waals surface area contributed by atoms with Crippen molar-refractivity contribution in [3.05, 3.63) is 16.1 Å². The Hall–Kier alpha value is -0.940. The van der Waals surface area contributed by atoms with E-state index in [1.165, 1.54) is 0 Å². The number of hydrogen-bond donors (Lipinski definition) is 2. The van der Waals surface area contributed by atoms with Gasteiger partial charge >= 0.3 is 0 Å². The van der Waals surface area contributed by atoms with E-state index in [2.05, 4.69) is 29.5 Å². The molecule has 1 saturated heterocycles. The van der Waals surface area contributed by atoms with Crippen molar-refractivity contribution in [2.75, 3.05) is 13.1 Å². The fourth-order valence-electron chi connectivity index (χ4n) is 1.69. The van der Waals surface area contributed by atoms with Gasteiger partial charge in [0.1, 0.15) is 5.69 Å². The summed E-state index contributed by atoms with van der Waals surface area (Å²) < 4.78 is 0. The number of nitrogens with zero attached hydrogens (tertiary/aromatic N) is 1. The Morgan fingerprint density at radius 1 is 1.69 bits per heavy atom. The Morgan fingerprint density at radius 3 is 3.06 bits per heavy atom. The van der Waals surface area contributed by atoms with Gasteiger partial charge in [0.2, 0.25) is 0 Å². The zero-order valence-corrected chi connectivity index (χ0v) is 10.4. The number of thiazole rings is 1. The minimum atomic E-state index is -0.0446. The molecule has 1 aromatic heterocycles. The molecule has 1 amide bonds. The standard InChI is InChI=1S/C11H17N3OS/c1-7(2)11-14-9(6-16-11)10(15)13-8-3-4-12-5-8/h6-8,12H,3-5H2,1-2H3,(H,13,15). The molecule has 4 nitrogen and oxygen atoms in total. The molecule has 0 saturated carbocycles. The van der Waals surface area contributed by atoms with Gasteiger partial charge in [-0.2, -0.15) is 0 Å². The first-order valence-electron chi connectivity index (χ1n) is 5.64. The average molecular weight is 239 g/mol. The van der Waals surface area contributed by atoms with Crippen LogP contribution in [0.2, 0.25) is 0 Å². The number of carbonyl (C=O) groups excluding carboxylic acids is 1. The lowest BCUT2D eigenvalue weighted by atomic mass is 10.2. The predicted molar refractivity (Wildman–Crippen MR) is 64.9 cm³/mol. The van der Waals surface area contributed by atoms with E-state index in [1.807, 2.05) is 5.38 Å². The highest BCUT2D eigenvalue weighted by atomic mass is 32.1. The first kappa shape index (κ1) is 11.5. The zero-order chi connectivity index (χ0) is 11.5. The van der Waals surface area contributed by atoms with Gasteiger partial charge < -0.3 is 10.6 Å². The van der Waals surface area contributed by atoms with Gasteiger partial charge in [0.25, 0.3) is 5.91 Å². The monoisotopic (exact) mass is 239 g/mol. The Labute approximate surface area is 99.5 Å². The van der Waals surface area contributed by atoms with Crippen molar-refractivity contribution >= 4 is 17.2 Å². The molecule has 0 bridgehead atoms. The summed E-state index contributed by atoms with van der Waals surface area (Å²) in [6.45, 7) is 6.02. The number of nitrogens with one attached hydrogen (secondary N) is 2. The highest BCUT2D eigenvalue weighted by Crippen LogP contribution is 2.19. The maximum Gasteiger partial charge on any atom is 0.271 e. The van der Waals surface area contributed by atoms with Crippen LogP contribution in [0.15, 0.2) is 5.38 Å². The van der Waals surface area contributed by atoms with Crippen LogP contribution in [0.5, 0.6) is 0 Å². The summed E-state index contributed by atoms with van der Waals surface area (Å²) in [5.41, 5.74) is 0.556. The van der Waals surface area contributed by atoms with Gasteiger partial charge in [0, 0.05) is 23.9 Å². The molecule has 1 aliphatic rings. The van der Waals surface area contributed by atoms with E-state index >= 15 is 0 Å². The Kier molecular flexibility index (Phi) is 3.56. The second-order valence-corrected chi connectivity index (χ2v) is 5.28. The molecular formula is C11H17N3OS. The molecule has 0 aliphatic carbocycles. The third-order valence-electron chi connectivity index (χ3n) is 2.64. The maximum atomic E-state index is 11.8. The normalized spacial score (nSPS) is 20.3. The van der Waals surface area contributed by atoms with Gasteiger partial charge in [0.15, 0.2) is 0 Å². The highest BCUT2D eigenvalue weighted by Gasteiger charge is 2.19. The van der Waals surface area contributed by atoms with Crippen LogP contribution in [0, 0.1) is 0 Å². The van der Waals surface area contributed by atoms with Crippen LogP contribution in [0.3, 0.4) is 0 Å². The van der Waals surface area contributed by atoms with Crippen molar-refractivity contribution in [2.24, 2.45) is 0 Å². The molecule has 0 aromatic carbocycles. The van der Waals surface area contributed by atoms with Gasteiger partial charge in [-0.1, -0.05) is 13.8 Å². The summed E-state index contributed by atoms with van der Waals surface area (Å²) in [7, 11) is 0. The third kappa shape index (κ3) is 2.59. The summed E-state index contributed by atoms with van der Waals surface area (Å²) >= 11 is 1.56. The number of amides is 1. The van der Waals surface area contributed by atoms with E-state index in [4.69, 9.17) is 0 Å². The first-order valence-corrected chi connectivity index (χ1v) is 6.52. The van der Waals surface area contributed by atoms with E-state index in [0.29, 0.717) is 11.6 Å². The van der Waals surface area contributed by atoms with Crippen LogP contribution in [0.4, 0.5) is 0 Å². The number of rotatable bonds is 3. The number of hydrogen-bond acceptors (Lipinski definition) is 4. The number of aromatic nitrogens is 1.